The topological polar surface area (TPSA) is 105 Å². The van der Waals surface area contributed by atoms with Gasteiger partial charge in [0.15, 0.2) is 5.75 Å². The Labute approximate surface area is 179 Å². The second kappa shape index (κ2) is 9.84. The summed E-state index contributed by atoms with van der Waals surface area (Å²) in [6.45, 7) is 0.981. The summed E-state index contributed by atoms with van der Waals surface area (Å²) in [5.74, 6) is 0.983. The molecule has 0 radical (unpaired) electrons. The normalized spacial score (nSPS) is 10.8. The Kier molecular flexibility index (Phi) is 6.51. The van der Waals surface area contributed by atoms with Gasteiger partial charge in [0.25, 0.3) is 0 Å². The highest BCUT2D eigenvalue weighted by Crippen LogP contribution is 2.31. The van der Waals surface area contributed by atoms with Gasteiger partial charge in [-0.15, -0.1) is 5.10 Å². The van der Waals surface area contributed by atoms with E-state index >= 15 is 0 Å². The number of ether oxygens (including phenoxy) is 1. The van der Waals surface area contributed by atoms with Crippen LogP contribution in [-0.2, 0) is 6.54 Å². The predicted molar refractivity (Wildman–Crippen MR) is 118 cm³/mol. The molecule has 0 bridgehead atoms. The molecule has 0 fully saturated rings. The van der Waals surface area contributed by atoms with Crippen molar-refractivity contribution < 1.29 is 14.3 Å². The Morgan fingerprint density at radius 2 is 1.77 bits per heavy atom. The van der Waals surface area contributed by atoms with Crippen molar-refractivity contribution in [2.75, 3.05) is 25.6 Å². The van der Waals surface area contributed by atoms with Crippen molar-refractivity contribution in [3.63, 3.8) is 0 Å². The SMILES string of the molecule is COc1c(Nc2nnc(-c3cccc(-c4ccccc4)c3)o2)ccnc1CNCCO. The number of hydrogen-bond donors (Lipinski definition) is 3. The van der Waals surface area contributed by atoms with Gasteiger partial charge in [-0.3, -0.25) is 4.98 Å². The van der Waals surface area contributed by atoms with Gasteiger partial charge in [-0.05, 0) is 29.3 Å². The maximum atomic E-state index is 8.94. The number of nitrogens with zero attached hydrogens (tertiary/aromatic N) is 3. The number of aliphatic hydroxyl groups is 1. The lowest BCUT2D eigenvalue weighted by Gasteiger charge is -2.12. The number of benzene rings is 2. The van der Waals surface area contributed by atoms with Crippen LogP contribution in [0, 0.1) is 0 Å². The van der Waals surface area contributed by atoms with Crippen molar-refractivity contribution in [3.05, 3.63) is 72.6 Å². The lowest BCUT2D eigenvalue weighted by atomic mass is 10.0. The molecule has 2 heterocycles. The molecular formula is C23H23N5O3. The number of anilines is 2. The van der Waals surface area contributed by atoms with Crippen LogP contribution in [0.15, 0.2) is 71.3 Å². The maximum Gasteiger partial charge on any atom is 0.320 e. The minimum absolute atomic E-state index is 0.0521. The summed E-state index contributed by atoms with van der Waals surface area (Å²) in [7, 11) is 1.58. The van der Waals surface area contributed by atoms with Crippen molar-refractivity contribution in [2.24, 2.45) is 0 Å². The van der Waals surface area contributed by atoms with E-state index in [1.807, 2.05) is 42.5 Å². The highest BCUT2D eigenvalue weighted by Gasteiger charge is 2.14. The molecule has 2 aromatic carbocycles. The maximum absolute atomic E-state index is 8.94. The fourth-order valence-corrected chi connectivity index (χ4v) is 3.20. The summed E-state index contributed by atoms with van der Waals surface area (Å²) in [4.78, 5) is 4.34. The molecule has 4 rings (SSSR count). The summed E-state index contributed by atoms with van der Waals surface area (Å²) in [6, 6.07) is 20.1. The van der Waals surface area contributed by atoms with Crippen LogP contribution in [-0.4, -0.2) is 40.5 Å². The van der Waals surface area contributed by atoms with Crippen molar-refractivity contribution in [2.45, 2.75) is 6.54 Å². The Balaban J connectivity index is 1.55. The average molecular weight is 417 g/mol. The smallest absolute Gasteiger partial charge is 0.320 e. The number of nitrogens with one attached hydrogen (secondary N) is 2. The van der Waals surface area contributed by atoms with Crippen LogP contribution in [0.5, 0.6) is 5.75 Å². The summed E-state index contributed by atoms with van der Waals surface area (Å²) in [5.41, 5.74) is 4.38. The second-order valence-electron chi connectivity index (χ2n) is 6.72. The van der Waals surface area contributed by atoms with Gasteiger partial charge in [-0.2, -0.15) is 0 Å². The third-order valence-corrected chi connectivity index (χ3v) is 4.65. The predicted octanol–water partition coefficient (Wildman–Crippen LogP) is 3.63. The van der Waals surface area contributed by atoms with Crippen molar-refractivity contribution >= 4 is 11.7 Å². The quantitative estimate of drug-likeness (QED) is 0.355. The minimum atomic E-state index is 0.0521. The molecule has 0 atom stereocenters. The lowest BCUT2D eigenvalue weighted by Crippen LogP contribution is -2.19. The standard InChI is InChI=1S/C23H23N5O3/c1-30-21-19(10-11-25-20(21)15-24-12-13-29)26-23-28-27-22(31-23)18-9-5-8-17(14-18)16-6-3-2-4-7-16/h2-11,14,24,29H,12-13,15H2,1H3,(H,25,26,28). The Morgan fingerprint density at radius 1 is 0.968 bits per heavy atom. The van der Waals surface area contributed by atoms with Gasteiger partial charge in [0, 0.05) is 24.8 Å². The highest BCUT2D eigenvalue weighted by atomic mass is 16.5. The molecule has 0 spiro atoms. The van der Waals surface area contributed by atoms with E-state index < -0.39 is 0 Å². The van der Waals surface area contributed by atoms with Crippen LogP contribution in [0.3, 0.4) is 0 Å². The second-order valence-corrected chi connectivity index (χ2v) is 6.72. The first-order chi connectivity index (χ1) is 15.3. The van der Waals surface area contributed by atoms with E-state index in [0.29, 0.717) is 36.1 Å². The molecule has 0 aliphatic heterocycles. The number of rotatable bonds is 9. The van der Waals surface area contributed by atoms with Gasteiger partial charge in [0.2, 0.25) is 5.89 Å². The fourth-order valence-electron chi connectivity index (χ4n) is 3.20. The van der Waals surface area contributed by atoms with Crippen LogP contribution in [0.2, 0.25) is 0 Å². The van der Waals surface area contributed by atoms with Gasteiger partial charge < -0.3 is 24.9 Å². The molecule has 158 valence electrons. The van der Waals surface area contributed by atoms with Crippen LogP contribution in [0.4, 0.5) is 11.7 Å². The van der Waals surface area contributed by atoms with E-state index in [1.54, 1.807) is 19.4 Å². The van der Waals surface area contributed by atoms with Crippen LogP contribution >= 0.6 is 0 Å². The number of aromatic nitrogens is 3. The zero-order valence-electron chi connectivity index (χ0n) is 17.1. The molecule has 3 N–H and O–H groups in total. The average Bonchev–Trinajstić information content (AvgIpc) is 3.29. The largest absolute Gasteiger partial charge is 0.493 e. The molecule has 0 aliphatic rings. The highest BCUT2D eigenvalue weighted by molar-refractivity contribution is 5.70. The third kappa shape index (κ3) is 4.88. The molecule has 8 nitrogen and oxygen atoms in total. The molecule has 4 aromatic rings. The summed E-state index contributed by atoms with van der Waals surface area (Å²) in [6.07, 6.45) is 1.67. The van der Waals surface area contributed by atoms with Gasteiger partial charge in [-0.25, -0.2) is 0 Å². The van der Waals surface area contributed by atoms with Gasteiger partial charge in [-0.1, -0.05) is 47.6 Å². The van der Waals surface area contributed by atoms with Gasteiger partial charge in [0.05, 0.1) is 25.1 Å². The summed E-state index contributed by atoms with van der Waals surface area (Å²) >= 11 is 0. The fraction of sp³-hybridized carbons (Fsp3) is 0.174. The molecule has 0 aliphatic carbocycles. The van der Waals surface area contributed by atoms with E-state index in [9.17, 15) is 0 Å². The Hall–Kier alpha value is -3.75. The molecular weight excluding hydrogens is 394 g/mol. The molecule has 8 heteroatoms. The van der Waals surface area contributed by atoms with E-state index in [4.69, 9.17) is 14.3 Å². The lowest BCUT2D eigenvalue weighted by molar-refractivity contribution is 0.291. The van der Waals surface area contributed by atoms with Crippen LogP contribution < -0.4 is 15.4 Å². The number of methoxy groups -OCH3 is 1. The van der Waals surface area contributed by atoms with E-state index in [2.05, 4.69) is 37.9 Å². The van der Waals surface area contributed by atoms with Gasteiger partial charge >= 0.3 is 6.01 Å². The van der Waals surface area contributed by atoms with Gasteiger partial charge in [0.1, 0.15) is 0 Å². The Morgan fingerprint density at radius 3 is 2.58 bits per heavy atom. The molecule has 0 saturated carbocycles. The molecule has 0 saturated heterocycles. The number of aliphatic hydroxyl groups excluding tert-OH is 1. The zero-order valence-corrected chi connectivity index (χ0v) is 17.1. The molecule has 0 unspecified atom stereocenters. The first kappa shape index (κ1) is 20.5. The van der Waals surface area contributed by atoms with E-state index in [0.717, 1.165) is 16.7 Å². The monoisotopic (exact) mass is 417 g/mol. The number of hydrogen-bond acceptors (Lipinski definition) is 8. The summed E-state index contributed by atoms with van der Waals surface area (Å²) in [5, 5.41) is 23.4. The summed E-state index contributed by atoms with van der Waals surface area (Å²) < 4.78 is 11.4. The Bertz CT molecular complexity index is 1130. The van der Waals surface area contributed by atoms with E-state index in [1.165, 1.54) is 0 Å². The van der Waals surface area contributed by atoms with E-state index in [-0.39, 0.29) is 12.6 Å². The third-order valence-electron chi connectivity index (χ3n) is 4.65. The first-order valence-corrected chi connectivity index (χ1v) is 9.88. The number of pyridine rings is 1. The van der Waals surface area contributed by atoms with Crippen molar-refractivity contribution in [1.82, 2.24) is 20.5 Å². The van der Waals surface area contributed by atoms with Crippen molar-refractivity contribution in [1.29, 1.82) is 0 Å². The first-order valence-electron chi connectivity index (χ1n) is 9.88. The molecule has 31 heavy (non-hydrogen) atoms. The van der Waals surface area contributed by atoms with Crippen LogP contribution in [0.1, 0.15) is 5.69 Å². The molecule has 2 aromatic heterocycles. The minimum Gasteiger partial charge on any atom is -0.493 e. The molecule has 0 amide bonds. The zero-order chi connectivity index (χ0) is 21.5. The van der Waals surface area contributed by atoms with Crippen molar-refractivity contribution in [3.8, 4) is 28.3 Å². The van der Waals surface area contributed by atoms with Crippen LogP contribution in [0.25, 0.3) is 22.6 Å².